The highest BCUT2D eigenvalue weighted by Crippen LogP contribution is 2.21. The van der Waals surface area contributed by atoms with Crippen LogP contribution in [0.3, 0.4) is 0 Å². The lowest BCUT2D eigenvalue weighted by Gasteiger charge is -2.26. The van der Waals surface area contributed by atoms with Gasteiger partial charge in [-0.3, -0.25) is 5.41 Å². The minimum atomic E-state index is -0.152. The van der Waals surface area contributed by atoms with E-state index in [2.05, 4.69) is 44.4 Å². The van der Waals surface area contributed by atoms with Crippen LogP contribution in [0.15, 0.2) is 0 Å². The number of amidine groups is 1. The van der Waals surface area contributed by atoms with Crippen LogP contribution in [0.2, 0.25) is 0 Å². The Bertz CT molecular complexity index is 259. The fourth-order valence-corrected chi connectivity index (χ4v) is 2.37. The van der Waals surface area contributed by atoms with Gasteiger partial charge in [-0.2, -0.15) is 0 Å². The zero-order valence-electron chi connectivity index (χ0n) is 14.3. The molecule has 3 N–H and O–H groups in total. The summed E-state index contributed by atoms with van der Waals surface area (Å²) < 4.78 is 0. The van der Waals surface area contributed by atoms with Gasteiger partial charge in [-0.05, 0) is 58.5 Å². The zero-order valence-corrected chi connectivity index (χ0v) is 14.3. The molecule has 4 nitrogen and oxygen atoms in total. The van der Waals surface area contributed by atoms with Gasteiger partial charge >= 0.3 is 0 Å². The van der Waals surface area contributed by atoms with Gasteiger partial charge in [-0.1, -0.05) is 34.6 Å². The fraction of sp³-hybridized carbons (Fsp3) is 0.938. The summed E-state index contributed by atoms with van der Waals surface area (Å²) in [4.78, 5) is 4.99. The highest BCUT2D eigenvalue weighted by molar-refractivity contribution is 5.82. The molecular weight excluding hydrogens is 248 g/mol. The normalized spacial score (nSPS) is 12.3. The molecule has 0 aliphatic rings. The minimum absolute atomic E-state index is 0.152. The number of hydrogen-bond acceptors (Lipinski definition) is 3. The molecule has 4 heteroatoms. The van der Waals surface area contributed by atoms with Crippen molar-refractivity contribution in [2.45, 2.75) is 53.9 Å². The Kier molecular flexibility index (Phi) is 9.86. The third kappa shape index (κ3) is 7.85. The van der Waals surface area contributed by atoms with Gasteiger partial charge in [0.25, 0.3) is 0 Å². The van der Waals surface area contributed by atoms with Crippen LogP contribution in [0, 0.1) is 10.8 Å². The van der Waals surface area contributed by atoms with E-state index in [1.54, 1.807) is 0 Å². The van der Waals surface area contributed by atoms with Gasteiger partial charge in [0.1, 0.15) is 0 Å². The fourth-order valence-electron chi connectivity index (χ4n) is 2.37. The maximum atomic E-state index is 7.59. The second-order valence-electron chi connectivity index (χ2n) is 6.22. The lowest BCUT2D eigenvalue weighted by Crippen LogP contribution is -2.33. The van der Waals surface area contributed by atoms with Crippen LogP contribution in [0.1, 0.15) is 53.9 Å². The Morgan fingerprint density at radius 2 is 1.35 bits per heavy atom. The van der Waals surface area contributed by atoms with E-state index in [-0.39, 0.29) is 5.41 Å². The summed E-state index contributed by atoms with van der Waals surface area (Å²) >= 11 is 0. The maximum absolute atomic E-state index is 7.59. The van der Waals surface area contributed by atoms with Crippen LogP contribution in [-0.2, 0) is 0 Å². The molecule has 0 radical (unpaired) electrons. The molecule has 0 aromatic carbocycles. The molecule has 0 saturated heterocycles. The van der Waals surface area contributed by atoms with Crippen LogP contribution in [0.4, 0.5) is 0 Å². The monoisotopic (exact) mass is 284 g/mol. The number of rotatable bonds is 12. The summed E-state index contributed by atoms with van der Waals surface area (Å²) in [6.45, 7) is 17.7. The van der Waals surface area contributed by atoms with Gasteiger partial charge < -0.3 is 15.5 Å². The van der Waals surface area contributed by atoms with Crippen molar-refractivity contribution in [2.75, 3.05) is 39.3 Å². The number of nitrogens with zero attached hydrogens (tertiary/aromatic N) is 2. The predicted octanol–water partition coefficient (Wildman–Crippen LogP) is 2.78. The SMILES string of the molecule is CCN(CC)CCCN(CC)CCCC(C)(C)C(=N)N. The molecule has 0 amide bonds. The van der Waals surface area contributed by atoms with Crippen molar-refractivity contribution >= 4 is 5.84 Å². The minimum Gasteiger partial charge on any atom is -0.387 e. The smallest absolute Gasteiger partial charge is 0.0963 e. The van der Waals surface area contributed by atoms with Gasteiger partial charge in [0.15, 0.2) is 0 Å². The Balaban J connectivity index is 3.90. The second kappa shape index (κ2) is 10.2. The molecule has 0 aromatic heterocycles. The van der Waals surface area contributed by atoms with Crippen molar-refractivity contribution in [3.63, 3.8) is 0 Å². The molecule has 0 aliphatic carbocycles. The molecule has 20 heavy (non-hydrogen) atoms. The van der Waals surface area contributed by atoms with E-state index in [1.807, 2.05) is 0 Å². The van der Waals surface area contributed by atoms with Gasteiger partial charge in [-0.15, -0.1) is 0 Å². The molecule has 120 valence electrons. The van der Waals surface area contributed by atoms with Gasteiger partial charge in [0.05, 0.1) is 5.84 Å². The van der Waals surface area contributed by atoms with E-state index in [1.165, 1.54) is 19.5 Å². The van der Waals surface area contributed by atoms with Gasteiger partial charge in [-0.25, -0.2) is 0 Å². The summed E-state index contributed by atoms with van der Waals surface area (Å²) in [7, 11) is 0. The van der Waals surface area contributed by atoms with Crippen LogP contribution < -0.4 is 5.73 Å². The molecule has 0 unspecified atom stereocenters. The average molecular weight is 284 g/mol. The third-order valence-corrected chi connectivity index (χ3v) is 4.30. The average Bonchev–Trinajstić information content (AvgIpc) is 2.41. The topological polar surface area (TPSA) is 56.4 Å². The van der Waals surface area contributed by atoms with Crippen LogP contribution in [-0.4, -0.2) is 54.9 Å². The Morgan fingerprint density at radius 3 is 1.80 bits per heavy atom. The quantitative estimate of drug-likeness (QED) is 0.428. The Hall–Kier alpha value is -0.610. The molecule has 0 rings (SSSR count). The van der Waals surface area contributed by atoms with E-state index in [0.717, 1.165) is 39.0 Å². The standard InChI is InChI=1S/C16H36N4/c1-6-19(7-2)13-10-14-20(8-3)12-9-11-16(4,5)15(17)18/h6-14H2,1-5H3,(H3,17,18). The van der Waals surface area contributed by atoms with E-state index in [0.29, 0.717) is 5.84 Å². The van der Waals surface area contributed by atoms with Crippen LogP contribution in [0.5, 0.6) is 0 Å². The molecule has 0 aromatic rings. The lowest BCUT2D eigenvalue weighted by atomic mass is 9.86. The van der Waals surface area contributed by atoms with Crippen LogP contribution >= 0.6 is 0 Å². The molecule has 0 bridgehead atoms. The largest absolute Gasteiger partial charge is 0.387 e. The Labute approximate surface area is 126 Å². The van der Waals surface area contributed by atoms with Crippen molar-refractivity contribution in [3.05, 3.63) is 0 Å². The molecule has 0 heterocycles. The number of hydrogen-bond donors (Lipinski definition) is 2. The van der Waals surface area contributed by atoms with Crippen molar-refractivity contribution in [1.82, 2.24) is 9.80 Å². The summed E-state index contributed by atoms with van der Waals surface area (Å²) in [5, 5.41) is 7.59. The predicted molar refractivity (Wildman–Crippen MR) is 89.4 cm³/mol. The first-order valence-corrected chi connectivity index (χ1v) is 8.16. The summed E-state index contributed by atoms with van der Waals surface area (Å²) in [6, 6.07) is 0. The Morgan fingerprint density at radius 1 is 0.900 bits per heavy atom. The molecule has 0 fully saturated rings. The van der Waals surface area contributed by atoms with Crippen molar-refractivity contribution in [3.8, 4) is 0 Å². The van der Waals surface area contributed by atoms with Crippen molar-refractivity contribution in [1.29, 1.82) is 5.41 Å². The highest BCUT2D eigenvalue weighted by atomic mass is 15.1. The zero-order chi connectivity index (χ0) is 15.6. The first kappa shape index (κ1) is 19.4. The van der Waals surface area contributed by atoms with E-state index < -0.39 is 0 Å². The van der Waals surface area contributed by atoms with Gasteiger partial charge in [0, 0.05) is 5.41 Å². The second-order valence-corrected chi connectivity index (χ2v) is 6.22. The van der Waals surface area contributed by atoms with Gasteiger partial charge in [0.2, 0.25) is 0 Å². The van der Waals surface area contributed by atoms with Crippen molar-refractivity contribution < 1.29 is 0 Å². The molecule has 0 spiro atoms. The highest BCUT2D eigenvalue weighted by Gasteiger charge is 2.21. The molecule has 0 atom stereocenters. The number of nitrogens with one attached hydrogen (secondary N) is 1. The lowest BCUT2D eigenvalue weighted by molar-refractivity contribution is 0.235. The van der Waals surface area contributed by atoms with Crippen LogP contribution in [0.25, 0.3) is 0 Å². The summed E-state index contributed by atoms with van der Waals surface area (Å²) in [6.07, 6.45) is 3.35. The first-order chi connectivity index (χ1) is 9.37. The molecule has 0 saturated carbocycles. The third-order valence-electron chi connectivity index (χ3n) is 4.30. The van der Waals surface area contributed by atoms with Crippen molar-refractivity contribution in [2.24, 2.45) is 11.1 Å². The maximum Gasteiger partial charge on any atom is 0.0963 e. The summed E-state index contributed by atoms with van der Waals surface area (Å²) in [5.41, 5.74) is 5.48. The number of nitrogens with two attached hydrogens (primary N) is 1. The first-order valence-electron chi connectivity index (χ1n) is 8.16. The summed E-state index contributed by atoms with van der Waals surface area (Å²) in [5.74, 6) is 0.307. The van der Waals surface area contributed by atoms with E-state index >= 15 is 0 Å². The molecular formula is C16H36N4. The van der Waals surface area contributed by atoms with E-state index in [4.69, 9.17) is 11.1 Å². The van der Waals surface area contributed by atoms with E-state index in [9.17, 15) is 0 Å². The molecule has 0 aliphatic heterocycles.